The van der Waals surface area contributed by atoms with Gasteiger partial charge in [-0.05, 0) is 43.0 Å². The molecule has 1 aliphatic rings. The molecule has 8 heteroatoms. The largest absolute Gasteiger partial charge is 0.493 e. The Labute approximate surface area is 198 Å². The lowest BCUT2D eigenvalue weighted by Crippen LogP contribution is -2.23. The number of carbonyl (C=O) groups is 1. The maximum absolute atomic E-state index is 13.2. The van der Waals surface area contributed by atoms with E-state index in [2.05, 4.69) is 10.6 Å². The number of carbonyl (C=O) groups excluding carboxylic acids is 1. The maximum atomic E-state index is 13.2. The predicted octanol–water partition coefficient (Wildman–Crippen LogP) is 5.06. The van der Waals surface area contributed by atoms with Crippen molar-refractivity contribution in [3.8, 4) is 17.2 Å². The van der Waals surface area contributed by atoms with Crippen LogP contribution in [0, 0.1) is 5.92 Å². The molecule has 4 rings (SSSR count). The highest BCUT2D eigenvalue weighted by Gasteiger charge is 2.22. The molecule has 1 aromatic heterocycles. The minimum absolute atomic E-state index is 0.0771. The van der Waals surface area contributed by atoms with E-state index >= 15 is 0 Å². The van der Waals surface area contributed by atoms with E-state index in [1.807, 2.05) is 18.2 Å². The summed E-state index contributed by atoms with van der Waals surface area (Å²) in [5, 5.41) is 6.93. The van der Waals surface area contributed by atoms with Crippen LogP contribution in [-0.4, -0.2) is 33.8 Å². The highest BCUT2D eigenvalue weighted by Crippen LogP contribution is 2.38. The fourth-order valence-electron chi connectivity index (χ4n) is 4.48. The van der Waals surface area contributed by atoms with Crippen molar-refractivity contribution in [2.45, 2.75) is 32.1 Å². The van der Waals surface area contributed by atoms with Crippen molar-refractivity contribution in [1.29, 1.82) is 0 Å². The van der Waals surface area contributed by atoms with E-state index in [1.54, 1.807) is 6.07 Å². The first kappa shape index (κ1) is 23.5. The number of hydrogen-bond donors (Lipinski definition) is 2. The molecule has 1 saturated carbocycles. The van der Waals surface area contributed by atoms with E-state index < -0.39 is 11.5 Å². The van der Waals surface area contributed by atoms with Crippen LogP contribution in [0.25, 0.3) is 11.0 Å². The molecule has 34 heavy (non-hydrogen) atoms. The molecule has 1 heterocycles. The van der Waals surface area contributed by atoms with E-state index in [9.17, 15) is 9.59 Å². The number of rotatable bonds is 8. The van der Waals surface area contributed by atoms with E-state index in [4.69, 9.17) is 18.6 Å². The van der Waals surface area contributed by atoms with Crippen LogP contribution >= 0.6 is 0 Å². The molecule has 8 nitrogen and oxygen atoms in total. The average Bonchev–Trinajstić information content (AvgIpc) is 2.88. The SMILES string of the molecule is COc1cc(C(=O)Nc2c(NCC3CCCCC3)c3ccccc3oc2=O)cc(OC)c1OC. The van der Waals surface area contributed by atoms with Gasteiger partial charge >= 0.3 is 5.63 Å². The van der Waals surface area contributed by atoms with Crippen LogP contribution in [0.2, 0.25) is 0 Å². The monoisotopic (exact) mass is 466 g/mol. The Morgan fingerprint density at radius 1 is 0.971 bits per heavy atom. The summed E-state index contributed by atoms with van der Waals surface area (Å²) in [6, 6.07) is 10.4. The second kappa shape index (κ2) is 10.5. The molecule has 3 aromatic rings. The van der Waals surface area contributed by atoms with Crippen molar-refractivity contribution in [3.05, 3.63) is 52.4 Å². The molecule has 2 aromatic carbocycles. The number of hydrogen-bond acceptors (Lipinski definition) is 7. The number of fused-ring (bicyclic) bond motifs is 1. The molecule has 2 N–H and O–H groups in total. The molecular weight excluding hydrogens is 436 g/mol. The molecular formula is C26H30N2O6. The highest BCUT2D eigenvalue weighted by atomic mass is 16.5. The van der Waals surface area contributed by atoms with Crippen LogP contribution in [0.15, 0.2) is 45.6 Å². The lowest BCUT2D eigenvalue weighted by Gasteiger charge is -2.23. The van der Waals surface area contributed by atoms with Gasteiger partial charge in [0.05, 0.1) is 27.0 Å². The van der Waals surface area contributed by atoms with Gasteiger partial charge in [0.15, 0.2) is 17.2 Å². The van der Waals surface area contributed by atoms with Gasteiger partial charge in [0, 0.05) is 17.5 Å². The van der Waals surface area contributed by atoms with Crippen molar-refractivity contribution in [2.24, 2.45) is 5.92 Å². The fraction of sp³-hybridized carbons (Fsp3) is 0.385. The van der Waals surface area contributed by atoms with Gasteiger partial charge in [-0.2, -0.15) is 0 Å². The molecule has 0 aliphatic heterocycles. The molecule has 1 aliphatic carbocycles. The van der Waals surface area contributed by atoms with Crippen molar-refractivity contribution in [1.82, 2.24) is 0 Å². The molecule has 0 bridgehead atoms. The number of ether oxygens (including phenoxy) is 3. The zero-order valence-corrected chi connectivity index (χ0v) is 19.7. The number of nitrogens with one attached hydrogen (secondary N) is 2. The third-order valence-corrected chi connectivity index (χ3v) is 6.27. The first-order valence-electron chi connectivity index (χ1n) is 11.5. The summed E-state index contributed by atoms with van der Waals surface area (Å²) in [4.78, 5) is 26.2. The zero-order valence-electron chi connectivity index (χ0n) is 19.7. The summed E-state index contributed by atoms with van der Waals surface area (Å²) >= 11 is 0. The third-order valence-electron chi connectivity index (χ3n) is 6.27. The normalized spacial score (nSPS) is 14.0. The van der Waals surface area contributed by atoms with Gasteiger partial charge in [0.2, 0.25) is 5.75 Å². The first-order valence-corrected chi connectivity index (χ1v) is 11.5. The Bertz CT molecular complexity index is 1200. The third kappa shape index (κ3) is 4.81. The van der Waals surface area contributed by atoms with Crippen molar-refractivity contribution in [3.63, 3.8) is 0 Å². The van der Waals surface area contributed by atoms with E-state index in [0.29, 0.717) is 34.4 Å². The lowest BCUT2D eigenvalue weighted by atomic mass is 9.89. The fourth-order valence-corrected chi connectivity index (χ4v) is 4.48. The minimum Gasteiger partial charge on any atom is -0.493 e. The molecule has 1 amide bonds. The predicted molar refractivity (Wildman–Crippen MR) is 132 cm³/mol. The molecule has 0 radical (unpaired) electrons. The number of para-hydroxylation sites is 1. The topological polar surface area (TPSA) is 99.0 Å². The van der Waals surface area contributed by atoms with Crippen LogP contribution in [0.3, 0.4) is 0 Å². The Morgan fingerprint density at radius 2 is 1.65 bits per heavy atom. The summed E-state index contributed by atoms with van der Waals surface area (Å²) in [6.45, 7) is 0.723. The van der Waals surface area contributed by atoms with Gasteiger partial charge in [-0.15, -0.1) is 0 Å². The summed E-state index contributed by atoms with van der Waals surface area (Å²) < 4.78 is 21.5. The van der Waals surface area contributed by atoms with Crippen LogP contribution in [-0.2, 0) is 0 Å². The van der Waals surface area contributed by atoms with Crippen LogP contribution in [0.4, 0.5) is 11.4 Å². The first-order chi connectivity index (χ1) is 16.5. The average molecular weight is 467 g/mol. The lowest BCUT2D eigenvalue weighted by molar-refractivity contribution is 0.102. The minimum atomic E-state index is -0.620. The Kier molecular flexibility index (Phi) is 7.25. The van der Waals surface area contributed by atoms with E-state index in [0.717, 1.165) is 24.8 Å². The maximum Gasteiger partial charge on any atom is 0.362 e. The van der Waals surface area contributed by atoms with Gasteiger partial charge in [-0.3, -0.25) is 4.79 Å². The summed E-state index contributed by atoms with van der Waals surface area (Å²) in [5.74, 6) is 1.09. The number of amides is 1. The number of anilines is 2. The molecule has 0 spiro atoms. The molecule has 180 valence electrons. The highest BCUT2D eigenvalue weighted by molar-refractivity contribution is 6.09. The summed E-state index contributed by atoms with van der Waals surface area (Å²) in [7, 11) is 4.44. The second-order valence-electron chi connectivity index (χ2n) is 8.39. The van der Waals surface area contributed by atoms with Gasteiger partial charge in [-0.1, -0.05) is 31.4 Å². The molecule has 0 saturated heterocycles. The van der Waals surface area contributed by atoms with Crippen LogP contribution in [0.1, 0.15) is 42.5 Å². The second-order valence-corrected chi connectivity index (χ2v) is 8.39. The van der Waals surface area contributed by atoms with Crippen molar-refractivity contribution in [2.75, 3.05) is 38.5 Å². The van der Waals surface area contributed by atoms with Crippen molar-refractivity contribution < 1.29 is 23.4 Å². The van der Waals surface area contributed by atoms with Crippen LogP contribution in [0.5, 0.6) is 17.2 Å². The summed E-state index contributed by atoms with van der Waals surface area (Å²) in [5.41, 5.74) is 0.738. The van der Waals surface area contributed by atoms with E-state index in [1.165, 1.54) is 52.7 Å². The smallest absolute Gasteiger partial charge is 0.362 e. The number of benzene rings is 2. The molecule has 1 fully saturated rings. The Balaban J connectivity index is 1.70. The van der Waals surface area contributed by atoms with Gasteiger partial charge < -0.3 is 29.3 Å². The van der Waals surface area contributed by atoms with E-state index in [-0.39, 0.29) is 11.3 Å². The Morgan fingerprint density at radius 3 is 2.29 bits per heavy atom. The standard InChI is InChI=1S/C26H30N2O6/c1-31-20-13-17(14-21(32-2)24(20)33-3)25(29)28-23-22(27-15-16-9-5-4-6-10-16)18-11-7-8-12-19(18)34-26(23)30/h7-8,11-14,16,27H,4-6,9-10,15H2,1-3H3,(H,28,29). The van der Waals surface area contributed by atoms with Gasteiger partial charge in [0.1, 0.15) is 5.58 Å². The number of methoxy groups -OCH3 is 3. The quantitative estimate of drug-likeness (QED) is 0.448. The van der Waals surface area contributed by atoms with Crippen molar-refractivity contribution >= 4 is 28.3 Å². The van der Waals surface area contributed by atoms with Crippen LogP contribution < -0.4 is 30.5 Å². The molecule has 0 atom stereocenters. The Hall–Kier alpha value is -3.68. The van der Waals surface area contributed by atoms with Gasteiger partial charge in [0.25, 0.3) is 5.91 Å². The molecule has 0 unspecified atom stereocenters. The van der Waals surface area contributed by atoms with Gasteiger partial charge in [-0.25, -0.2) is 4.79 Å². The zero-order chi connectivity index (χ0) is 24.1. The summed E-state index contributed by atoms with van der Waals surface area (Å²) in [6.07, 6.45) is 6.01.